The van der Waals surface area contributed by atoms with Gasteiger partial charge in [0.25, 0.3) is 0 Å². The van der Waals surface area contributed by atoms with Crippen molar-refractivity contribution < 1.29 is 22.7 Å². The number of hydrogen-bond acceptors (Lipinski definition) is 4. The largest absolute Gasteiger partial charge is 0.411 e. The van der Waals surface area contributed by atoms with E-state index in [9.17, 15) is 18.0 Å². The quantitative estimate of drug-likeness (QED) is 0.561. The van der Waals surface area contributed by atoms with Crippen molar-refractivity contribution >= 4 is 6.03 Å². The monoisotopic (exact) mass is 447 g/mol. The van der Waals surface area contributed by atoms with Crippen LogP contribution in [0.25, 0.3) is 5.69 Å². The highest BCUT2D eigenvalue weighted by molar-refractivity contribution is 5.74. The van der Waals surface area contributed by atoms with Gasteiger partial charge in [0.15, 0.2) is 0 Å². The predicted octanol–water partition coefficient (Wildman–Crippen LogP) is 4.25. The molecule has 1 aromatic heterocycles. The molecule has 0 fully saturated rings. The maximum Gasteiger partial charge on any atom is 0.411 e. The van der Waals surface area contributed by atoms with Crippen LogP contribution in [0, 0.1) is 0 Å². The number of nitrogens with zero attached hydrogens (tertiary/aromatic N) is 4. The maximum atomic E-state index is 12.6. The first-order valence-electron chi connectivity index (χ1n) is 9.91. The van der Waals surface area contributed by atoms with Crippen LogP contribution in [0.1, 0.15) is 29.7 Å². The van der Waals surface area contributed by atoms with Crippen molar-refractivity contribution in [1.82, 2.24) is 25.0 Å². The Morgan fingerprint density at radius 3 is 2.38 bits per heavy atom. The van der Waals surface area contributed by atoms with Crippen molar-refractivity contribution in [2.45, 2.75) is 32.3 Å². The summed E-state index contributed by atoms with van der Waals surface area (Å²) in [7, 11) is 1.71. The average molecular weight is 447 g/mol. The van der Waals surface area contributed by atoms with Gasteiger partial charge in [0, 0.05) is 13.6 Å². The zero-order valence-electron chi connectivity index (χ0n) is 17.7. The Morgan fingerprint density at radius 2 is 1.78 bits per heavy atom. The molecule has 0 aliphatic heterocycles. The van der Waals surface area contributed by atoms with E-state index in [2.05, 4.69) is 20.1 Å². The Kier molecular flexibility index (Phi) is 7.47. The Balaban J connectivity index is 1.48. The number of aromatic nitrogens is 3. The molecule has 0 radical (unpaired) electrons. The van der Waals surface area contributed by atoms with Gasteiger partial charge in [0.1, 0.15) is 19.3 Å². The van der Waals surface area contributed by atoms with Crippen molar-refractivity contribution in [3.63, 3.8) is 0 Å². The SMILES string of the molecule is C[C@H](c1ccc(-n2cncn2)cc1)N(C)C(=O)NCc1ccc(COCC(F)(F)F)cc1. The number of hydrogen-bond donors (Lipinski definition) is 1. The van der Waals surface area contributed by atoms with Crippen molar-refractivity contribution in [2.75, 3.05) is 13.7 Å². The molecule has 1 heterocycles. The number of urea groups is 1. The van der Waals surface area contributed by atoms with Crippen molar-refractivity contribution in [1.29, 1.82) is 0 Å². The van der Waals surface area contributed by atoms with E-state index in [4.69, 9.17) is 0 Å². The molecule has 2 aromatic carbocycles. The normalized spacial score (nSPS) is 12.4. The molecule has 3 rings (SSSR count). The second-order valence-corrected chi connectivity index (χ2v) is 7.30. The third-order valence-electron chi connectivity index (χ3n) is 4.96. The van der Waals surface area contributed by atoms with Gasteiger partial charge in [-0.25, -0.2) is 14.5 Å². The molecular formula is C22H24F3N5O2. The molecular weight excluding hydrogens is 423 g/mol. The van der Waals surface area contributed by atoms with E-state index < -0.39 is 12.8 Å². The molecule has 0 aliphatic carbocycles. The molecule has 170 valence electrons. The lowest BCUT2D eigenvalue weighted by atomic mass is 10.1. The molecule has 0 saturated carbocycles. The topological polar surface area (TPSA) is 72.3 Å². The van der Waals surface area contributed by atoms with Crippen LogP contribution >= 0.6 is 0 Å². The molecule has 0 aliphatic rings. The summed E-state index contributed by atoms with van der Waals surface area (Å²) in [5, 5.41) is 6.94. The minimum atomic E-state index is -4.34. The van der Waals surface area contributed by atoms with Crippen LogP contribution in [0.5, 0.6) is 0 Å². The fraction of sp³-hybridized carbons (Fsp3) is 0.318. The number of halogens is 3. The second-order valence-electron chi connectivity index (χ2n) is 7.30. The van der Waals surface area contributed by atoms with E-state index in [1.54, 1.807) is 47.2 Å². The van der Waals surface area contributed by atoms with Gasteiger partial charge in [0.05, 0.1) is 18.3 Å². The fourth-order valence-corrected chi connectivity index (χ4v) is 2.99. The number of ether oxygens (including phenoxy) is 1. The van der Waals surface area contributed by atoms with Gasteiger partial charge < -0.3 is 15.0 Å². The van der Waals surface area contributed by atoms with Gasteiger partial charge in [-0.1, -0.05) is 36.4 Å². The van der Waals surface area contributed by atoms with Crippen LogP contribution in [0.4, 0.5) is 18.0 Å². The van der Waals surface area contributed by atoms with Gasteiger partial charge in [-0.3, -0.25) is 0 Å². The van der Waals surface area contributed by atoms with Gasteiger partial charge in [-0.05, 0) is 35.7 Å². The van der Waals surface area contributed by atoms with Crippen LogP contribution in [0.15, 0.2) is 61.2 Å². The van der Waals surface area contributed by atoms with Crippen LogP contribution in [0.2, 0.25) is 0 Å². The zero-order valence-corrected chi connectivity index (χ0v) is 17.7. The van der Waals surface area contributed by atoms with Crippen LogP contribution < -0.4 is 5.32 Å². The number of nitrogens with one attached hydrogen (secondary N) is 1. The van der Waals surface area contributed by atoms with Crippen molar-refractivity contribution in [3.05, 3.63) is 77.9 Å². The lowest BCUT2D eigenvalue weighted by molar-refractivity contribution is -0.176. The predicted molar refractivity (Wildman–Crippen MR) is 112 cm³/mol. The minimum Gasteiger partial charge on any atom is -0.367 e. The fourth-order valence-electron chi connectivity index (χ4n) is 2.99. The van der Waals surface area contributed by atoms with Crippen LogP contribution in [-0.2, 0) is 17.9 Å². The smallest absolute Gasteiger partial charge is 0.367 e. The Bertz CT molecular complexity index is 990. The second kappa shape index (κ2) is 10.3. The highest BCUT2D eigenvalue weighted by atomic mass is 19.4. The summed E-state index contributed by atoms with van der Waals surface area (Å²) in [5.41, 5.74) is 3.30. The molecule has 0 unspecified atom stereocenters. The first-order valence-corrected chi connectivity index (χ1v) is 9.91. The van der Waals surface area contributed by atoms with Gasteiger partial charge in [-0.15, -0.1) is 0 Å². The summed E-state index contributed by atoms with van der Waals surface area (Å²) in [6.45, 7) is 0.825. The van der Waals surface area contributed by atoms with E-state index in [0.29, 0.717) is 12.1 Å². The number of rotatable bonds is 8. The molecule has 0 spiro atoms. The molecule has 2 amide bonds. The maximum absolute atomic E-state index is 12.6. The number of benzene rings is 2. The Labute approximate surface area is 183 Å². The standard InChI is InChI=1S/C22H24F3N5O2/c1-16(19-7-9-20(10-8-19)30-15-26-14-28-30)29(2)21(31)27-11-17-3-5-18(6-4-17)12-32-13-22(23,24)25/h3-10,14-16H,11-13H2,1-2H3,(H,27,31)/t16-/m1/s1. The molecule has 3 aromatic rings. The summed E-state index contributed by atoms with van der Waals surface area (Å²) < 4.78 is 42.7. The van der Waals surface area contributed by atoms with Crippen molar-refractivity contribution in [2.24, 2.45) is 0 Å². The Hall–Kier alpha value is -3.40. The molecule has 1 atom stereocenters. The molecule has 1 N–H and O–H groups in total. The third-order valence-corrected chi connectivity index (χ3v) is 4.96. The number of carbonyl (C=O) groups is 1. The molecule has 32 heavy (non-hydrogen) atoms. The first-order chi connectivity index (χ1) is 15.2. The van der Waals surface area contributed by atoms with Gasteiger partial charge in [0.2, 0.25) is 0 Å². The molecule has 10 heteroatoms. The van der Waals surface area contributed by atoms with E-state index >= 15 is 0 Å². The first kappa shape index (κ1) is 23.3. The van der Waals surface area contributed by atoms with E-state index in [0.717, 1.165) is 16.8 Å². The summed E-state index contributed by atoms with van der Waals surface area (Å²) in [6.07, 6.45) is -1.27. The van der Waals surface area contributed by atoms with Crippen molar-refractivity contribution in [3.8, 4) is 5.69 Å². The van der Waals surface area contributed by atoms with E-state index in [-0.39, 0.29) is 18.7 Å². The van der Waals surface area contributed by atoms with Crippen LogP contribution in [-0.4, -0.2) is 45.5 Å². The number of amides is 2. The van der Waals surface area contributed by atoms with E-state index in [1.165, 1.54) is 6.33 Å². The lowest BCUT2D eigenvalue weighted by Gasteiger charge is -2.26. The summed E-state index contributed by atoms with van der Waals surface area (Å²) in [5.74, 6) is 0. The highest BCUT2D eigenvalue weighted by Gasteiger charge is 2.27. The summed E-state index contributed by atoms with van der Waals surface area (Å²) in [4.78, 5) is 18.1. The summed E-state index contributed by atoms with van der Waals surface area (Å²) >= 11 is 0. The van der Waals surface area contributed by atoms with E-state index in [1.807, 2.05) is 31.2 Å². The molecule has 0 saturated heterocycles. The van der Waals surface area contributed by atoms with Gasteiger partial charge >= 0.3 is 12.2 Å². The van der Waals surface area contributed by atoms with Gasteiger partial charge in [-0.2, -0.15) is 18.3 Å². The third kappa shape index (κ3) is 6.55. The minimum absolute atomic E-state index is 0.123. The highest BCUT2D eigenvalue weighted by Crippen LogP contribution is 2.20. The Morgan fingerprint density at radius 1 is 1.12 bits per heavy atom. The lowest BCUT2D eigenvalue weighted by Crippen LogP contribution is -2.38. The zero-order chi connectivity index (χ0) is 23.1. The number of alkyl halides is 3. The number of carbonyl (C=O) groups excluding carboxylic acids is 1. The summed E-state index contributed by atoms with van der Waals surface area (Å²) in [6, 6.07) is 14.2. The average Bonchev–Trinajstić information content (AvgIpc) is 3.31. The van der Waals surface area contributed by atoms with Crippen LogP contribution in [0.3, 0.4) is 0 Å². The molecule has 0 bridgehead atoms. The molecule has 7 nitrogen and oxygen atoms in total.